The van der Waals surface area contributed by atoms with Gasteiger partial charge in [0.25, 0.3) is 0 Å². The second kappa shape index (κ2) is 7.47. The number of rotatable bonds is 5. The van der Waals surface area contributed by atoms with Gasteiger partial charge in [0.1, 0.15) is 5.75 Å². The fourth-order valence-electron chi connectivity index (χ4n) is 2.88. The molecule has 0 radical (unpaired) electrons. The first kappa shape index (κ1) is 19.0. The molecule has 1 heterocycles. The Morgan fingerprint density at radius 2 is 1.92 bits per heavy atom. The van der Waals surface area contributed by atoms with Gasteiger partial charge in [0.15, 0.2) is 12.4 Å². The lowest BCUT2D eigenvalue weighted by molar-refractivity contribution is 0.0921. The van der Waals surface area contributed by atoms with Gasteiger partial charge in [-0.3, -0.25) is 9.10 Å². The molecule has 1 aliphatic rings. The molecular formula is C18H17Cl2NO4S. The van der Waals surface area contributed by atoms with Gasteiger partial charge < -0.3 is 4.74 Å². The molecule has 1 aliphatic heterocycles. The smallest absolute Gasteiger partial charge is 0.232 e. The van der Waals surface area contributed by atoms with E-state index in [1.54, 1.807) is 36.4 Å². The first-order valence-electron chi connectivity index (χ1n) is 7.97. The average Bonchev–Trinajstić information content (AvgIpc) is 2.60. The largest absolute Gasteiger partial charge is 0.485 e. The Hall–Kier alpha value is -1.76. The zero-order valence-electron chi connectivity index (χ0n) is 14.0. The van der Waals surface area contributed by atoms with Crippen LogP contribution in [0.1, 0.15) is 22.3 Å². The second-order valence-electron chi connectivity index (χ2n) is 6.07. The summed E-state index contributed by atoms with van der Waals surface area (Å²) in [6, 6.07) is 9.84. The molecule has 3 rings (SSSR count). The normalized spacial score (nSPS) is 14.0. The number of anilines is 1. The summed E-state index contributed by atoms with van der Waals surface area (Å²) in [5, 5.41) is 0.765. The molecule has 0 saturated carbocycles. The summed E-state index contributed by atoms with van der Waals surface area (Å²) < 4.78 is 30.7. The number of halogens is 2. The van der Waals surface area contributed by atoms with Gasteiger partial charge in [-0.15, -0.1) is 0 Å². The summed E-state index contributed by atoms with van der Waals surface area (Å²) in [5.41, 5.74) is 1.97. The van der Waals surface area contributed by atoms with Crippen LogP contribution in [0.15, 0.2) is 36.4 Å². The Morgan fingerprint density at radius 3 is 2.62 bits per heavy atom. The molecule has 0 amide bonds. The minimum absolute atomic E-state index is 0.146. The predicted octanol–water partition coefficient (Wildman–Crippen LogP) is 3.97. The van der Waals surface area contributed by atoms with Gasteiger partial charge in [0, 0.05) is 18.2 Å². The number of sulfonamides is 1. The number of nitrogens with zero attached hydrogens (tertiary/aromatic N) is 1. The highest BCUT2D eigenvalue weighted by atomic mass is 35.5. The van der Waals surface area contributed by atoms with E-state index in [1.165, 1.54) is 10.6 Å². The fraction of sp³-hybridized carbons (Fsp3) is 0.278. The first-order valence-corrected chi connectivity index (χ1v) is 10.6. The minimum atomic E-state index is -3.33. The molecule has 138 valence electrons. The standard InChI is InChI=1S/C18H17Cl2NO4S/c1-26(23,24)21-8-2-3-12-9-13(4-7-17(12)21)18(22)11-25-14-5-6-15(19)16(20)10-14/h4-7,9-10H,2-3,8,11H2,1H3. The topological polar surface area (TPSA) is 63.7 Å². The molecule has 0 atom stereocenters. The van der Waals surface area contributed by atoms with Gasteiger partial charge in [-0.25, -0.2) is 8.42 Å². The lowest BCUT2D eigenvalue weighted by Gasteiger charge is -2.29. The molecule has 2 aromatic carbocycles. The molecule has 2 aromatic rings. The molecule has 0 aliphatic carbocycles. The van der Waals surface area contributed by atoms with Crippen molar-refractivity contribution in [2.45, 2.75) is 12.8 Å². The number of hydrogen-bond acceptors (Lipinski definition) is 4. The molecule has 8 heteroatoms. The lowest BCUT2D eigenvalue weighted by Crippen LogP contribution is -2.34. The Balaban J connectivity index is 1.75. The molecule has 0 saturated heterocycles. The van der Waals surface area contributed by atoms with Crippen molar-refractivity contribution in [2.75, 3.05) is 23.7 Å². The van der Waals surface area contributed by atoms with E-state index in [9.17, 15) is 13.2 Å². The molecule has 0 aromatic heterocycles. The van der Waals surface area contributed by atoms with Crippen LogP contribution in [0.4, 0.5) is 5.69 Å². The van der Waals surface area contributed by atoms with E-state index in [4.69, 9.17) is 27.9 Å². The maximum absolute atomic E-state index is 12.4. The van der Waals surface area contributed by atoms with Crippen molar-refractivity contribution < 1.29 is 17.9 Å². The molecule has 0 unspecified atom stereocenters. The first-order chi connectivity index (χ1) is 12.3. The van der Waals surface area contributed by atoms with E-state index in [-0.39, 0.29) is 12.4 Å². The quantitative estimate of drug-likeness (QED) is 0.695. The van der Waals surface area contributed by atoms with E-state index < -0.39 is 10.0 Å². The highest BCUT2D eigenvalue weighted by Crippen LogP contribution is 2.30. The van der Waals surface area contributed by atoms with E-state index in [0.29, 0.717) is 33.6 Å². The number of fused-ring (bicyclic) bond motifs is 1. The maximum atomic E-state index is 12.4. The zero-order valence-corrected chi connectivity index (χ0v) is 16.4. The van der Waals surface area contributed by atoms with Crippen LogP contribution in [0, 0.1) is 0 Å². The summed E-state index contributed by atoms with van der Waals surface area (Å²) in [7, 11) is -3.33. The summed E-state index contributed by atoms with van der Waals surface area (Å²) in [6.07, 6.45) is 2.64. The van der Waals surface area contributed by atoms with Gasteiger partial charge in [0.05, 0.1) is 22.0 Å². The number of Topliss-reactive ketones (excluding diaryl/α,β-unsaturated/α-hetero) is 1. The Labute approximate surface area is 162 Å². The van der Waals surface area contributed by atoms with Gasteiger partial charge in [0.2, 0.25) is 10.0 Å². The van der Waals surface area contributed by atoms with Crippen LogP contribution in [0.25, 0.3) is 0 Å². The fourth-order valence-corrected chi connectivity index (χ4v) is 4.16. The predicted molar refractivity (Wildman–Crippen MR) is 103 cm³/mol. The third-order valence-electron chi connectivity index (χ3n) is 4.14. The molecule has 0 bridgehead atoms. The SMILES string of the molecule is CS(=O)(=O)N1CCCc2cc(C(=O)COc3ccc(Cl)c(Cl)c3)ccc21. The molecule has 5 nitrogen and oxygen atoms in total. The van der Waals surface area contributed by atoms with E-state index in [1.807, 2.05) is 0 Å². The summed E-state index contributed by atoms with van der Waals surface area (Å²) in [4.78, 5) is 12.4. The van der Waals surface area contributed by atoms with Gasteiger partial charge in [-0.2, -0.15) is 0 Å². The van der Waals surface area contributed by atoms with Crippen LogP contribution in [-0.2, 0) is 16.4 Å². The molecule has 0 spiro atoms. The van der Waals surface area contributed by atoms with Crippen molar-refractivity contribution in [3.63, 3.8) is 0 Å². The van der Waals surface area contributed by atoms with Crippen LogP contribution in [0.3, 0.4) is 0 Å². The average molecular weight is 414 g/mol. The molecule has 26 heavy (non-hydrogen) atoms. The van der Waals surface area contributed by atoms with Gasteiger partial charge in [-0.1, -0.05) is 23.2 Å². The third kappa shape index (κ3) is 4.14. The number of carbonyl (C=O) groups excluding carboxylic acids is 1. The van der Waals surface area contributed by atoms with Crippen molar-refractivity contribution in [3.05, 3.63) is 57.6 Å². The Bertz CT molecular complexity index is 960. The van der Waals surface area contributed by atoms with Crippen LogP contribution in [0.2, 0.25) is 10.0 Å². The highest BCUT2D eigenvalue weighted by Gasteiger charge is 2.24. The number of carbonyl (C=O) groups is 1. The molecular weight excluding hydrogens is 397 g/mol. The molecule has 0 N–H and O–H groups in total. The van der Waals surface area contributed by atoms with Crippen molar-refractivity contribution >= 4 is 44.7 Å². The number of hydrogen-bond donors (Lipinski definition) is 0. The van der Waals surface area contributed by atoms with Crippen molar-refractivity contribution in [1.29, 1.82) is 0 Å². The summed E-state index contributed by atoms with van der Waals surface area (Å²) >= 11 is 11.8. The highest BCUT2D eigenvalue weighted by molar-refractivity contribution is 7.92. The van der Waals surface area contributed by atoms with Crippen LogP contribution >= 0.6 is 23.2 Å². The van der Waals surface area contributed by atoms with E-state index in [2.05, 4.69) is 0 Å². The van der Waals surface area contributed by atoms with Crippen molar-refractivity contribution in [1.82, 2.24) is 0 Å². The second-order valence-corrected chi connectivity index (χ2v) is 8.79. The van der Waals surface area contributed by atoms with Crippen molar-refractivity contribution in [2.24, 2.45) is 0 Å². The summed E-state index contributed by atoms with van der Waals surface area (Å²) in [6.45, 7) is 0.312. The Morgan fingerprint density at radius 1 is 1.15 bits per heavy atom. The third-order valence-corrected chi connectivity index (χ3v) is 6.06. The lowest BCUT2D eigenvalue weighted by atomic mass is 9.99. The van der Waals surface area contributed by atoms with Gasteiger partial charge >= 0.3 is 0 Å². The van der Waals surface area contributed by atoms with E-state index in [0.717, 1.165) is 18.4 Å². The number of benzene rings is 2. The van der Waals surface area contributed by atoms with Crippen LogP contribution < -0.4 is 9.04 Å². The summed E-state index contributed by atoms with van der Waals surface area (Å²) in [5.74, 6) is 0.254. The van der Waals surface area contributed by atoms with Crippen LogP contribution in [-0.4, -0.2) is 33.6 Å². The molecule has 0 fully saturated rings. The number of ether oxygens (including phenoxy) is 1. The van der Waals surface area contributed by atoms with Gasteiger partial charge in [-0.05, 0) is 48.7 Å². The Kier molecular flexibility index (Phi) is 5.46. The maximum Gasteiger partial charge on any atom is 0.232 e. The van der Waals surface area contributed by atoms with E-state index >= 15 is 0 Å². The van der Waals surface area contributed by atoms with Crippen LogP contribution in [0.5, 0.6) is 5.75 Å². The number of ketones is 1. The monoisotopic (exact) mass is 413 g/mol. The number of aryl methyl sites for hydroxylation is 1. The minimum Gasteiger partial charge on any atom is -0.485 e. The van der Waals surface area contributed by atoms with Crippen molar-refractivity contribution in [3.8, 4) is 5.75 Å². The zero-order chi connectivity index (χ0) is 18.9.